The van der Waals surface area contributed by atoms with E-state index < -0.39 is 0 Å². The summed E-state index contributed by atoms with van der Waals surface area (Å²) in [4.78, 5) is 14.9. The lowest BCUT2D eigenvalue weighted by molar-refractivity contribution is -0.130. The molecule has 27 heavy (non-hydrogen) atoms. The molecule has 0 N–H and O–H groups in total. The highest BCUT2D eigenvalue weighted by Gasteiger charge is 2.26. The topological polar surface area (TPSA) is 25.2 Å². The molecule has 0 radical (unpaired) electrons. The number of nitrogens with zero attached hydrogens (tertiary/aromatic N) is 2. The number of rotatable bonds is 5. The number of carbonyl (C=O) groups is 1. The van der Waals surface area contributed by atoms with E-state index in [1.54, 1.807) is 0 Å². The van der Waals surface area contributed by atoms with E-state index in [-0.39, 0.29) is 17.6 Å². The molecule has 1 fully saturated rings. The number of para-hydroxylation sites is 1. The molecule has 4 heteroatoms. The standard InChI is InChI=1S/C23H25FN2O/c1-2-25-16-21(19-7-3-4-8-22(19)25)20(17-9-11-18(24)12-10-17)15-23(27)26-13-5-6-14-26/h3-4,7-12,16,20H,2,5-6,13-15H2,1H3/t20-/m1/s1. The van der Waals surface area contributed by atoms with Gasteiger partial charge < -0.3 is 9.47 Å². The van der Waals surface area contributed by atoms with E-state index in [9.17, 15) is 9.18 Å². The molecule has 2 aromatic carbocycles. The molecular formula is C23H25FN2O. The molecule has 0 unspecified atom stereocenters. The molecule has 1 aliphatic rings. The van der Waals surface area contributed by atoms with Crippen LogP contribution in [-0.4, -0.2) is 28.5 Å². The van der Waals surface area contributed by atoms with Crippen molar-refractivity contribution in [2.75, 3.05) is 13.1 Å². The third-order valence-electron chi connectivity index (χ3n) is 5.65. The Labute approximate surface area is 159 Å². The van der Waals surface area contributed by atoms with Gasteiger partial charge in [-0.3, -0.25) is 4.79 Å². The summed E-state index contributed by atoms with van der Waals surface area (Å²) in [6.45, 7) is 4.70. The van der Waals surface area contributed by atoms with Crippen molar-refractivity contribution in [3.63, 3.8) is 0 Å². The highest BCUT2D eigenvalue weighted by atomic mass is 19.1. The molecule has 1 saturated heterocycles. The van der Waals surface area contributed by atoms with Crippen LogP contribution in [0.2, 0.25) is 0 Å². The molecule has 1 atom stereocenters. The number of benzene rings is 2. The lowest BCUT2D eigenvalue weighted by atomic mass is 9.88. The molecule has 1 aromatic heterocycles. The number of hydrogen-bond donors (Lipinski definition) is 0. The zero-order valence-corrected chi connectivity index (χ0v) is 15.7. The maximum atomic E-state index is 13.5. The molecule has 1 aliphatic heterocycles. The van der Waals surface area contributed by atoms with E-state index in [1.807, 2.05) is 29.2 Å². The number of fused-ring (bicyclic) bond motifs is 1. The van der Waals surface area contributed by atoms with Gasteiger partial charge in [0.25, 0.3) is 0 Å². The summed E-state index contributed by atoms with van der Waals surface area (Å²) in [5.74, 6) is -0.133. The first kappa shape index (κ1) is 17.8. The van der Waals surface area contributed by atoms with Crippen molar-refractivity contribution in [1.29, 1.82) is 0 Å². The Morgan fingerprint density at radius 1 is 1.07 bits per heavy atom. The predicted molar refractivity (Wildman–Crippen MR) is 106 cm³/mol. The Morgan fingerprint density at radius 3 is 2.48 bits per heavy atom. The fraction of sp³-hybridized carbons (Fsp3) is 0.348. The molecule has 140 valence electrons. The molecule has 3 aromatic rings. The minimum atomic E-state index is -0.251. The minimum absolute atomic E-state index is 0.0728. The van der Waals surface area contributed by atoms with Crippen molar-refractivity contribution >= 4 is 16.8 Å². The molecule has 0 aliphatic carbocycles. The number of amides is 1. The van der Waals surface area contributed by atoms with Crippen LogP contribution in [0.1, 0.15) is 43.2 Å². The maximum absolute atomic E-state index is 13.5. The smallest absolute Gasteiger partial charge is 0.223 e. The van der Waals surface area contributed by atoms with E-state index in [4.69, 9.17) is 0 Å². The number of aromatic nitrogens is 1. The third kappa shape index (κ3) is 3.48. The lowest BCUT2D eigenvalue weighted by Crippen LogP contribution is -2.29. The van der Waals surface area contributed by atoms with Gasteiger partial charge in [0.2, 0.25) is 5.91 Å². The van der Waals surface area contributed by atoms with Crippen molar-refractivity contribution in [2.45, 2.75) is 38.6 Å². The second kappa shape index (κ2) is 7.55. The number of aryl methyl sites for hydroxylation is 1. The zero-order valence-electron chi connectivity index (χ0n) is 15.7. The van der Waals surface area contributed by atoms with Crippen LogP contribution in [-0.2, 0) is 11.3 Å². The van der Waals surface area contributed by atoms with Crippen molar-refractivity contribution in [2.24, 2.45) is 0 Å². The van der Waals surface area contributed by atoms with E-state index >= 15 is 0 Å². The summed E-state index contributed by atoms with van der Waals surface area (Å²) in [5.41, 5.74) is 3.31. The molecule has 4 rings (SSSR count). The van der Waals surface area contributed by atoms with Gasteiger partial charge in [-0.1, -0.05) is 30.3 Å². The SMILES string of the molecule is CCn1cc([C@H](CC(=O)N2CCCC2)c2ccc(F)cc2)c2ccccc21. The van der Waals surface area contributed by atoms with Gasteiger partial charge in [0.05, 0.1) is 0 Å². The Morgan fingerprint density at radius 2 is 1.78 bits per heavy atom. The normalized spacial score (nSPS) is 15.4. The van der Waals surface area contributed by atoms with E-state index in [0.29, 0.717) is 6.42 Å². The quantitative estimate of drug-likeness (QED) is 0.629. The van der Waals surface area contributed by atoms with Gasteiger partial charge in [-0.05, 0) is 49.1 Å². The fourth-order valence-corrected chi connectivity index (χ4v) is 4.19. The minimum Gasteiger partial charge on any atom is -0.347 e. The van der Waals surface area contributed by atoms with Crippen LogP contribution in [0, 0.1) is 5.82 Å². The van der Waals surface area contributed by atoms with Crippen LogP contribution in [0.5, 0.6) is 0 Å². The van der Waals surface area contributed by atoms with Crippen molar-refractivity contribution in [1.82, 2.24) is 9.47 Å². The monoisotopic (exact) mass is 364 g/mol. The van der Waals surface area contributed by atoms with Crippen molar-refractivity contribution in [3.05, 3.63) is 71.7 Å². The summed E-state index contributed by atoms with van der Waals surface area (Å²) in [7, 11) is 0. The van der Waals surface area contributed by atoms with Crippen LogP contribution in [0.25, 0.3) is 10.9 Å². The van der Waals surface area contributed by atoms with E-state index in [1.165, 1.54) is 23.0 Å². The zero-order chi connectivity index (χ0) is 18.8. The Bertz CT molecular complexity index is 939. The number of likely N-dealkylation sites (tertiary alicyclic amines) is 1. The summed E-state index contributed by atoms with van der Waals surface area (Å²) in [6, 6.07) is 14.9. The third-order valence-corrected chi connectivity index (χ3v) is 5.65. The Balaban J connectivity index is 1.78. The summed E-state index contributed by atoms with van der Waals surface area (Å²) in [6.07, 6.45) is 4.75. The molecule has 1 amide bonds. The second-order valence-electron chi connectivity index (χ2n) is 7.28. The van der Waals surface area contributed by atoms with Crippen molar-refractivity contribution in [3.8, 4) is 0 Å². The van der Waals surface area contributed by atoms with Gasteiger partial charge in [0.15, 0.2) is 0 Å². The molecule has 0 bridgehead atoms. The summed E-state index contributed by atoms with van der Waals surface area (Å²) >= 11 is 0. The van der Waals surface area contributed by atoms with Crippen molar-refractivity contribution < 1.29 is 9.18 Å². The van der Waals surface area contributed by atoms with E-state index in [2.05, 4.69) is 29.8 Å². The maximum Gasteiger partial charge on any atom is 0.223 e. The van der Waals surface area contributed by atoms with Gasteiger partial charge in [-0.2, -0.15) is 0 Å². The lowest BCUT2D eigenvalue weighted by Gasteiger charge is -2.21. The van der Waals surface area contributed by atoms with Crippen LogP contribution < -0.4 is 0 Å². The predicted octanol–water partition coefficient (Wildman–Crippen LogP) is 4.94. The van der Waals surface area contributed by atoms with Crippen LogP contribution in [0.4, 0.5) is 4.39 Å². The number of halogens is 1. The van der Waals surface area contributed by atoms with Gasteiger partial charge in [-0.15, -0.1) is 0 Å². The molecule has 2 heterocycles. The first-order valence-corrected chi connectivity index (χ1v) is 9.78. The average Bonchev–Trinajstić information content (AvgIpc) is 3.35. The van der Waals surface area contributed by atoms with Gasteiger partial charge in [0, 0.05) is 49.1 Å². The molecular weight excluding hydrogens is 339 g/mol. The highest BCUT2D eigenvalue weighted by Crippen LogP contribution is 2.35. The highest BCUT2D eigenvalue weighted by molar-refractivity contribution is 5.86. The summed E-state index contributed by atoms with van der Waals surface area (Å²) in [5, 5.41) is 1.17. The van der Waals surface area contributed by atoms with Crippen LogP contribution in [0.3, 0.4) is 0 Å². The van der Waals surface area contributed by atoms with Crippen LogP contribution in [0.15, 0.2) is 54.7 Å². The first-order valence-electron chi connectivity index (χ1n) is 9.78. The molecule has 0 saturated carbocycles. The van der Waals surface area contributed by atoms with Gasteiger partial charge in [-0.25, -0.2) is 4.39 Å². The molecule has 0 spiro atoms. The second-order valence-corrected chi connectivity index (χ2v) is 7.28. The number of hydrogen-bond acceptors (Lipinski definition) is 1. The number of carbonyl (C=O) groups excluding carboxylic acids is 1. The average molecular weight is 364 g/mol. The van der Waals surface area contributed by atoms with Crippen LogP contribution >= 0.6 is 0 Å². The summed E-state index contributed by atoms with van der Waals surface area (Å²) < 4.78 is 15.7. The fourth-order valence-electron chi connectivity index (χ4n) is 4.19. The van der Waals surface area contributed by atoms with E-state index in [0.717, 1.165) is 43.6 Å². The molecule has 3 nitrogen and oxygen atoms in total. The first-order chi connectivity index (χ1) is 13.2. The van der Waals surface area contributed by atoms with Gasteiger partial charge >= 0.3 is 0 Å². The Hall–Kier alpha value is -2.62. The van der Waals surface area contributed by atoms with Gasteiger partial charge in [0.1, 0.15) is 5.82 Å². The Kier molecular flexibility index (Phi) is 4.97. The largest absolute Gasteiger partial charge is 0.347 e.